The summed E-state index contributed by atoms with van der Waals surface area (Å²) < 4.78 is 0. The fourth-order valence-electron chi connectivity index (χ4n) is 2.16. The maximum atomic E-state index is 8.88. The molecule has 1 aliphatic rings. The zero-order valence-corrected chi connectivity index (χ0v) is 12.0. The first-order valence-corrected chi connectivity index (χ1v) is 6.82. The highest BCUT2D eigenvalue weighted by molar-refractivity contribution is 4.89. The van der Waals surface area contributed by atoms with Gasteiger partial charge >= 0.3 is 0 Å². The van der Waals surface area contributed by atoms with Gasteiger partial charge in [-0.1, -0.05) is 0 Å². The molecule has 104 valence electrons. The molecule has 1 rings (SSSR count). The van der Waals surface area contributed by atoms with Crippen molar-refractivity contribution in [1.82, 2.24) is 20.0 Å². The molecule has 0 aromatic carbocycles. The first-order chi connectivity index (χ1) is 8.65. The molecule has 0 aromatic rings. The van der Waals surface area contributed by atoms with Crippen LogP contribution in [0.2, 0.25) is 0 Å². The van der Waals surface area contributed by atoms with E-state index in [1.807, 2.05) is 7.05 Å². The smallest absolute Gasteiger partial charge is 0.0962 e. The number of hydrogen-bond acceptors (Lipinski definition) is 5. The summed E-state index contributed by atoms with van der Waals surface area (Å²) in [6.45, 7) is 7.91. The van der Waals surface area contributed by atoms with Crippen LogP contribution in [0.15, 0.2) is 0 Å². The lowest BCUT2D eigenvalue weighted by atomic mass is 10.2. The molecule has 1 aliphatic heterocycles. The number of nitriles is 1. The van der Waals surface area contributed by atoms with Crippen LogP contribution in [0.3, 0.4) is 0 Å². The topological polar surface area (TPSA) is 45.5 Å². The van der Waals surface area contributed by atoms with Gasteiger partial charge in [-0.2, -0.15) is 5.26 Å². The standard InChI is InChI=1S/C13H27N5/c1-15-13(12-14)4-5-17-8-10-18(11-9-17)7-6-16(2)3/h13,15H,4-11H2,1-3H3. The lowest BCUT2D eigenvalue weighted by Gasteiger charge is -2.35. The van der Waals surface area contributed by atoms with Crippen LogP contribution in [0.1, 0.15) is 6.42 Å². The molecule has 0 saturated carbocycles. The second kappa shape index (κ2) is 8.44. The average molecular weight is 253 g/mol. The predicted molar refractivity (Wildman–Crippen MR) is 74.5 cm³/mol. The van der Waals surface area contributed by atoms with E-state index in [4.69, 9.17) is 5.26 Å². The first-order valence-electron chi connectivity index (χ1n) is 6.82. The van der Waals surface area contributed by atoms with Crippen LogP contribution in [0, 0.1) is 11.3 Å². The van der Waals surface area contributed by atoms with Crippen molar-refractivity contribution in [2.45, 2.75) is 12.5 Å². The van der Waals surface area contributed by atoms with E-state index in [0.29, 0.717) is 0 Å². The highest BCUT2D eigenvalue weighted by Gasteiger charge is 2.17. The fourth-order valence-corrected chi connectivity index (χ4v) is 2.16. The van der Waals surface area contributed by atoms with Crippen molar-refractivity contribution in [2.24, 2.45) is 0 Å². The summed E-state index contributed by atoms with van der Waals surface area (Å²) in [7, 11) is 6.10. The van der Waals surface area contributed by atoms with Crippen LogP contribution in [0.4, 0.5) is 0 Å². The van der Waals surface area contributed by atoms with E-state index in [9.17, 15) is 0 Å². The third-order valence-electron chi connectivity index (χ3n) is 3.57. The van der Waals surface area contributed by atoms with Gasteiger partial charge in [-0.25, -0.2) is 0 Å². The fraction of sp³-hybridized carbons (Fsp3) is 0.923. The van der Waals surface area contributed by atoms with Gasteiger partial charge in [0, 0.05) is 45.8 Å². The second-order valence-corrected chi connectivity index (χ2v) is 5.25. The normalized spacial score (nSPS) is 19.9. The third-order valence-corrected chi connectivity index (χ3v) is 3.57. The van der Waals surface area contributed by atoms with Crippen LogP contribution in [0.5, 0.6) is 0 Å². The van der Waals surface area contributed by atoms with Crippen molar-refractivity contribution in [1.29, 1.82) is 5.26 Å². The van der Waals surface area contributed by atoms with Gasteiger partial charge in [0.25, 0.3) is 0 Å². The number of likely N-dealkylation sites (N-methyl/N-ethyl adjacent to an activating group) is 1. The minimum Gasteiger partial charge on any atom is -0.308 e. The minimum absolute atomic E-state index is 0.00299. The Kier molecular flexibility index (Phi) is 7.21. The Morgan fingerprint density at radius 2 is 1.72 bits per heavy atom. The van der Waals surface area contributed by atoms with Gasteiger partial charge in [0.2, 0.25) is 0 Å². The van der Waals surface area contributed by atoms with Crippen LogP contribution < -0.4 is 5.32 Å². The molecule has 1 saturated heterocycles. The predicted octanol–water partition coefficient (Wildman–Crippen LogP) is -0.333. The lowest BCUT2D eigenvalue weighted by molar-refractivity contribution is 0.123. The molecule has 0 aromatic heterocycles. The Bertz CT molecular complexity index is 253. The average Bonchev–Trinajstić information content (AvgIpc) is 2.39. The molecule has 1 unspecified atom stereocenters. The Labute approximate surface area is 111 Å². The van der Waals surface area contributed by atoms with Crippen molar-refractivity contribution in [2.75, 3.05) is 67.0 Å². The molecule has 5 nitrogen and oxygen atoms in total. The lowest BCUT2D eigenvalue weighted by Crippen LogP contribution is -2.48. The molecule has 1 atom stereocenters. The summed E-state index contributed by atoms with van der Waals surface area (Å²) in [6.07, 6.45) is 0.921. The highest BCUT2D eigenvalue weighted by atomic mass is 15.3. The molecular weight excluding hydrogens is 226 g/mol. The number of rotatable bonds is 7. The summed E-state index contributed by atoms with van der Waals surface area (Å²) in [5.74, 6) is 0. The van der Waals surface area contributed by atoms with Crippen LogP contribution in [0.25, 0.3) is 0 Å². The van der Waals surface area contributed by atoms with Crippen molar-refractivity contribution in [3.05, 3.63) is 0 Å². The monoisotopic (exact) mass is 253 g/mol. The molecule has 0 aliphatic carbocycles. The molecule has 0 spiro atoms. The quantitative estimate of drug-likeness (QED) is 0.673. The summed E-state index contributed by atoms with van der Waals surface area (Å²) in [4.78, 5) is 7.22. The van der Waals surface area contributed by atoms with Crippen molar-refractivity contribution in [3.63, 3.8) is 0 Å². The Morgan fingerprint density at radius 3 is 2.17 bits per heavy atom. The molecule has 0 bridgehead atoms. The summed E-state index contributed by atoms with van der Waals surface area (Å²) in [5, 5.41) is 11.9. The van der Waals surface area contributed by atoms with E-state index >= 15 is 0 Å². The third kappa shape index (κ3) is 5.78. The second-order valence-electron chi connectivity index (χ2n) is 5.25. The zero-order chi connectivity index (χ0) is 13.4. The van der Waals surface area contributed by atoms with Gasteiger partial charge < -0.3 is 15.1 Å². The molecular formula is C13H27N5. The van der Waals surface area contributed by atoms with Gasteiger partial charge in [0.15, 0.2) is 0 Å². The van der Waals surface area contributed by atoms with Gasteiger partial charge in [-0.05, 0) is 27.6 Å². The van der Waals surface area contributed by atoms with Crippen molar-refractivity contribution in [3.8, 4) is 6.07 Å². The van der Waals surface area contributed by atoms with E-state index in [1.54, 1.807) is 0 Å². The van der Waals surface area contributed by atoms with Gasteiger partial charge in [-0.15, -0.1) is 0 Å². The zero-order valence-electron chi connectivity index (χ0n) is 12.0. The number of hydrogen-bond donors (Lipinski definition) is 1. The maximum Gasteiger partial charge on any atom is 0.0962 e. The van der Waals surface area contributed by atoms with Gasteiger partial charge in [0.05, 0.1) is 12.1 Å². The van der Waals surface area contributed by atoms with Crippen LogP contribution in [-0.4, -0.2) is 87.7 Å². The van der Waals surface area contributed by atoms with Gasteiger partial charge in [0.1, 0.15) is 0 Å². The van der Waals surface area contributed by atoms with E-state index < -0.39 is 0 Å². The van der Waals surface area contributed by atoms with Crippen molar-refractivity contribution >= 4 is 0 Å². The molecule has 1 fully saturated rings. The summed E-state index contributed by atoms with van der Waals surface area (Å²) >= 11 is 0. The van der Waals surface area contributed by atoms with E-state index in [1.165, 1.54) is 0 Å². The van der Waals surface area contributed by atoms with Gasteiger partial charge in [-0.3, -0.25) is 4.90 Å². The molecule has 0 radical (unpaired) electrons. The van der Waals surface area contributed by atoms with Crippen molar-refractivity contribution < 1.29 is 0 Å². The highest BCUT2D eigenvalue weighted by Crippen LogP contribution is 2.03. The SMILES string of the molecule is CNC(C#N)CCN1CCN(CCN(C)C)CC1. The Balaban J connectivity index is 2.13. The van der Waals surface area contributed by atoms with E-state index in [2.05, 4.69) is 40.2 Å². The summed E-state index contributed by atoms with van der Waals surface area (Å²) in [5.41, 5.74) is 0. The molecule has 1 heterocycles. The largest absolute Gasteiger partial charge is 0.308 e. The number of nitrogens with one attached hydrogen (secondary N) is 1. The molecule has 18 heavy (non-hydrogen) atoms. The Morgan fingerprint density at radius 1 is 1.17 bits per heavy atom. The van der Waals surface area contributed by atoms with E-state index in [0.717, 1.165) is 52.2 Å². The molecule has 0 amide bonds. The molecule has 5 heteroatoms. The van der Waals surface area contributed by atoms with Crippen LogP contribution in [-0.2, 0) is 0 Å². The molecule has 1 N–H and O–H groups in total. The number of piperazine rings is 1. The minimum atomic E-state index is -0.00299. The van der Waals surface area contributed by atoms with Crippen LogP contribution >= 0.6 is 0 Å². The maximum absolute atomic E-state index is 8.88. The summed E-state index contributed by atoms with van der Waals surface area (Å²) in [6, 6.07) is 2.28. The Hall–Kier alpha value is -0.670. The number of nitrogens with zero attached hydrogens (tertiary/aromatic N) is 4. The van der Waals surface area contributed by atoms with E-state index in [-0.39, 0.29) is 6.04 Å². The first kappa shape index (κ1) is 15.4.